The van der Waals surface area contributed by atoms with Gasteiger partial charge in [0, 0.05) is 54.7 Å². The molecule has 2 aliphatic rings. The van der Waals surface area contributed by atoms with Crippen molar-refractivity contribution in [2.75, 3.05) is 54.5 Å². The van der Waals surface area contributed by atoms with E-state index in [-0.39, 0.29) is 5.91 Å². The van der Waals surface area contributed by atoms with Crippen LogP contribution in [0.4, 0.5) is 17.2 Å². The van der Waals surface area contributed by atoms with E-state index < -0.39 is 0 Å². The van der Waals surface area contributed by atoms with Crippen molar-refractivity contribution in [3.8, 4) is 11.3 Å². The quantitative estimate of drug-likeness (QED) is 0.637. The lowest BCUT2D eigenvalue weighted by atomic mass is 10.1. The standard InChI is InChI=1S/C26H29N5O2/c32-26(29-22-8-10-23(11-9-22)30-14-16-33-17-15-30)21-6-4-20(5-7-21)24-18-25(28-19-27-24)31-12-2-1-3-13-31/h4-11,18-19H,1-3,12-17H2,(H,29,32). The third kappa shape index (κ3) is 5.14. The van der Waals surface area contributed by atoms with Crippen molar-refractivity contribution in [2.24, 2.45) is 0 Å². The summed E-state index contributed by atoms with van der Waals surface area (Å²) in [4.78, 5) is 26.3. The number of hydrogen-bond acceptors (Lipinski definition) is 6. The first-order valence-corrected chi connectivity index (χ1v) is 11.7. The summed E-state index contributed by atoms with van der Waals surface area (Å²) in [5.41, 5.74) is 4.39. The first kappa shape index (κ1) is 21.4. The van der Waals surface area contributed by atoms with Gasteiger partial charge >= 0.3 is 0 Å². The number of rotatable bonds is 5. The molecule has 0 unspecified atom stereocenters. The summed E-state index contributed by atoms with van der Waals surface area (Å²) in [6.45, 7) is 5.38. The number of carbonyl (C=O) groups excluding carboxylic acids is 1. The Morgan fingerprint density at radius 2 is 1.55 bits per heavy atom. The van der Waals surface area contributed by atoms with Crippen molar-refractivity contribution in [2.45, 2.75) is 19.3 Å². The van der Waals surface area contributed by atoms with Crippen LogP contribution in [0.15, 0.2) is 60.9 Å². The van der Waals surface area contributed by atoms with E-state index in [4.69, 9.17) is 4.74 Å². The van der Waals surface area contributed by atoms with Crippen molar-refractivity contribution in [1.82, 2.24) is 9.97 Å². The van der Waals surface area contributed by atoms with Gasteiger partial charge in [0.2, 0.25) is 0 Å². The van der Waals surface area contributed by atoms with Crippen LogP contribution < -0.4 is 15.1 Å². The monoisotopic (exact) mass is 443 g/mol. The summed E-state index contributed by atoms with van der Waals surface area (Å²) >= 11 is 0. The van der Waals surface area contributed by atoms with Crippen LogP contribution in [-0.2, 0) is 4.74 Å². The number of aromatic nitrogens is 2. The maximum absolute atomic E-state index is 12.7. The summed E-state index contributed by atoms with van der Waals surface area (Å²) in [5, 5.41) is 2.99. The van der Waals surface area contributed by atoms with E-state index in [9.17, 15) is 4.79 Å². The van der Waals surface area contributed by atoms with E-state index in [1.54, 1.807) is 6.33 Å². The Bertz CT molecular complexity index is 1070. The minimum Gasteiger partial charge on any atom is -0.378 e. The number of anilines is 3. The molecule has 2 fully saturated rings. The van der Waals surface area contributed by atoms with Crippen molar-refractivity contribution in [3.05, 3.63) is 66.5 Å². The highest BCUT2D eigenvalue weighted by Crippen LogP contribution is 2.24. The molecule has 2 aromatic carbocycles. The zero-order chi connectivity index (χ0) is 22.5. The van der Waals surface area contributed by atoms with E-state index in [1.165, 1.54) is 19.3 Å². The first-order chi connectivity index (χ1) is 16.3. The van der Waals surface area contributed by atoms with Gasteiger partial charge in [0.15, 0.2) is 0 Å². The molecule has 0 spiro atoms. The second-order valence-electron chi connectivity index (χ2n) is 8.49. The molecule has 0 aliphatic carbocycles. The fourth-order valence-electron chi connectivity index (χ4n) is 4.37. The molecule has 170 valence electrons. The van der Waals surface area contributed by atoms with Crippen molar-refractivity contribution >= 4 is 23.1 Å². The van der Waals surface area contributed by atoms with E-state index >= 15 is 0 Å². The second kappa shape index (κ2) is 10.0. The molecule has 5 rings (SSSR count). The summed E-state index contributed by atoms with van der Waals surface area (Å²) in [7, 11) is 0. The van der Waals surface area contributed by atoms with Gasteiger partial charge in [-0.2, -0.15) is 0 Å². The predicted octanol–water partition coefficient (Wildman–Crippen LogP) is 4.22. The van der Waals surface area contributed by atoms with Gasteiger partial charge in [0.1, 0.15) is 12.1 Å². The van der Waals surface area contributed by atoms with Crippen LogP contribution in [0, 0.1) is 0 Å². The SMILES string of the molecule is O=C(Nc1ccc(N2CCOCC2)cc1)c1ccc(-c2cc(N3CCCCC3)ncn2)cc1. The Hall–Kier alpha value is -3.45. The van der Waals surface area contributed by atoms with E-state index in [2.05, 4.69) is 25.1 Å². The normalized spacial score (nSPS) is 16.5. The highest BCUT2D eigenvalue weighted by molar-refractivity contribution is 6.04. The molecule has 7 nitrogen and oxygen atoms in total. The average Bonchev–Trinajstić information content (AvgIpc) is 2.90. The number of hydrogen-bond donors (Lipinski definition) is 1. The van der Waals surface area contributed by atoms with Gasteiger partial charge < -0.3 is 19.9 Å². The van der Waals surface area contributed by atoms with Crippen LogP contribution >= 0.6 is 0 Å². The first-order valence-electron chi connectivity index (χ1n) is 11.7. The van der Waals surface area contributed by atoms with Gasteiger partial charge in [0.25, 0.3) is 5.91 Å². The van der Waals surface area contributed by atoms with Crippen LogP contribution in [0.2, 0.25) is 0 Å². The third-order valence-corrected chi connectivity index (χ3v) is 6.28. The minimum absolute atomic E-state index is 0.127. The Kier molecular flexibility index (Phi) is 6.48. The largest absolute Gasteiger partial charge is 0.378 e. The molecular formula is C26H29N5O2. The summed E-state index contributed by atoms with van der Waals surface area (Å²) in [5.74, 6) is 0.847. The number of ether oxygens (including phenoxy) is 1. The highest BCUT2D eigenvalue weighted by Gasteiger charge is 2.14. The smallest absolute Gasteiger partial charge is 0.255 e. The molecule has 1 aromatic heterocycles. The molecule has 0 radical (unpaired) electrons. The minimum atomic E-state index is -0.127. The molecule has 33 heavy (non-hydrogen) atoms. The van der Waals surface area contributed by atoms with Gasteiger partial charge in [-0.25, -0.2) is 9.97 Å². The fourth-order valence-corrected chi connectivity index (χ4v) is 4.37. The Labute approximate surface area is 194 Å². The van der Waals surface area contributed by atoms with Crippen molar-refractivity contribution in [1.29, 1.82) is 0 Å². The number of morpholine rings is 1. The van der Waals surface area contributed by atoms with Gasteiger partial charge in [-0.3, -0.25) is 4.79 Å². The molecule has 7 heteroatoms. The number of carbonyl (C=O) groups is 1. The lowest BCUT2D eigenvalue weighted by molar-refractivity contribution is 0.102. The topological polar surface area (TPSA) is 70.6 Å². The molecule has 2 saturated heterocycles. The van der Waals surface area contributed by atoms with Crippen LogP contribution in [0.25, 0.3) is 11.3 Å². The maximum atomic E-state index is 12.7. The van der Waals surface area contributed by atoms with Crippen LogP contribution in [0.5, 0.6) is 0 Å². The van der Waals surface area contributed by atoms with Gasteiger partial charge in [-0.1, -0.05) is 12.1 Å². The van der Waals surface area contributed by atoms with Gasteiger partial charge in [-0.05, 0) is 55.7 Å². The van der Waals surface area contributed by atoms with E-state index in [1.807, 2.05) is 54.6 Å². The molecular weight excluding hydrogens is 414 g/mol. The van der Waals surface area contributed by atoms with Crippen LogP contribution in [0.3, 0.4) is 0 Å². The van der Waals surface area contributed by atoms with E-state index in [0.717, 1.165) is 67.8 Å². The third-order valence-electron chi connectivity index (χ3n) is 6.28. The van der Waals surface area contributed by atoms with Crippen molar-refractivity contribution < 1.29 is 9.53 Å². The average molecular weight is 444 g/mol. The molecule has 0 bridgehead atoms. The Balaban J connectivity index is 1.23. The summed E-state index contributed by atoms with van der Waals surface area (Å²) < 4.78 is 5.41. The summed E-state index contributed by atoms with van der Waals surface area (Å²) in [6, 6.07) is 17.6. The Morgan fingerprint density at radius 1 is 0.818 bits per heavy atom. The lowest BCUT2D eigenvalue weighted by Crippen LogP contribution is -2.36. The number of benzene rings is 2. The number of nitrogens with zero attached hydrogens (tertiary/aromatic N) is 4. The maximum Gasteiger partial charge on any atom is 0.255 e. The van der Waals surface area contributed by atoms with Crippen LogP contribution in [-0.4, -0.2) is 55.3 Å². The zero-order valence-electron chi connectivity index (χ0n) is 18.7. The predicted molar refractivity (Wildman–Crippen MR) is 131 cm³/mol. The molecule has 0 saturated carbocycles. The number of piperidine rings is 1. The molecule has 1 amide bonds. The number of amides is 1. The zero-order valence-corrected chi connectivity index (χ0v) is 18.7. The van der Waals surface area contributed by atoms with Gasteiger partial charge in [-0.15, -0.1) is 0 Å². The molecule has 0 atom stereocenters. The lowest BCUT2D eigenvalue weighted by Gasteiger charge is -2.28. The van der Waals surface area contributed by atoms with Gasteiger partial charge in [0.05, 0.1) is 18.9 Å². The molecule has 3 heterocycles. The molecule has 3 aromatic rings. The van der Waals surface area contributed by atoms with E-state index in [0.29, 0.717) is 5.56 Å². The number of nitrogens with one attached hydrogen (secondary N) is 1. The Morgan fingerprint density at radius 3 is 2.27 bits per heavy atom. The molecule has 2 aliphatic heterocycles. The highest BCUT2D eigenvalue weighted by atomic mass is 16.5. The second-order valence-corrected chi connectivity index (χ2v) is 8.49. The van der Waals surface area contributed by atoms with Crippen LogP contribution in [0.1, 0.15) is 29.6 Å². The fraction of sp³-hybridized carbons (Fsp3) is 0.346. The summed E-state index contributed by atoms with van der Waals surface area (Å²) in [6.07, 6.45) is 5.33. The van der Waals surface area contributed by atoms with Crippen molar-refractivity contribution in [3.63, 3.8) is 0 Å². The molecule has 1 N–H and O–H groups in total.